The van der Waals surface area contributed by atoms with E-state index in [2.05, 4.69) is 0 Å². The van der Waals surface area contributed by atoms with Crippen LogP contribution >= 0.6 is 11.3 Å². The summed E-state index contributed by atoms with van der Waals surface area (Å²) in [6.45, 7) is 1.25. The number of fused-ring (bicyclic) bond motifs is 1. The first-order valence-corrected chi connectivity index (χ1v) is 8.48. The van der Waals surface area contributed by atoms with Crippen molar-refractivity contribution < 1.29 is 27.2 Å². The summed E-state index contributed by atoms with van der Waals surface area (Å²) in [5.74, 6) is 1.25. The second-order valence-corrected chi connectivity index (χ2v) is 6.52. The second-order valence-electron chi connectivity index (χ2n) is 4.21. The molecule has 0 amide bonds. The minimum Gasteiger partial charge on any atom is -0.486 e. The average molecular weight is 308 g/mol. The van der Waals surface area contributed by atoms with E-state index in [0.29, 0.717) is 32.7 Å². The summed E-state index contributed by atoms with van der Waals surface area (Å²) in [7, 11) is -3.87. The highest BCUT2D eigenvalue weighted by molar-refractivity contribution is 7.85. The van der Waals surface area contributed by atoms with Crippen LogP contribution in [-0.4, -0.2) is 44.6 Å². The lowest BCUT2D eigenvalue weighted by Crippen LogP contribution is -2.27. The van der Waals surface area contributed by atoms with Crippen LogP contribution in [0.15, 0.2) is 10.8 Å². The van der Waals surface area contributed by atoms with Gasteiger partial charge in [-0.1, -0.05) is 0 Å². The van der Waals surface area contributed by atoms with Gasteiger partial charge in [0.1, 0.15) is 19.3 Å². The standard InChI is InChI=1S/C11H16O6S2/c12-19(13,14)4-2-1-3-15-9-5-16-10-7-18-8-11(10)17-6-9/h7-9H,1-6H2,(H,12,13,14). The molecule has 0 aromatic carbocycles. The topological polar surface area (TPSA) is 82.1 Å². The molecular formula is C11H16O6S2. The molecule has 2 heterocycles. The summed E-state index contributed by atoms with van der Waals surface area (Å²) in [5.41, 5.74) is 0. The predicted molar refractivity (Wildman–Crippen MR) is 70.7 cm³/mol. The number of hydrogen-bond donors (Lipinski definition) is 1. The average Bonchev–Trinajstić information content (AvgIpc) is 2.69. The lowest BCUT2D eigenvalue weighted by Gasteiger charge is -2.14. The number of thiophene rings is 1. The number of ether oxygens (including phenoxy) is 3. The Labute approximate surface area is 116 Å². The molecule has 1 aromatic rings. The molecule has 1 N–H and O–H groups in total. The number of rotatable bonds is 6. The third-order valence-electron chi connectivity index (χ3n) is 2.59. The quantitative estimate of drug-likeness (QED) is 0.634. The van der Waals surface area contributed by atoms with E-state index in [9.17, 15) is 8.42 Å². The van der Waals surface area contributed by atoms with Gasteiger partial charge in [-0.15, -0.1) is 11.3 Å². The fraction of sp³-hybridized carbons (Fsp3) is 0.636. The highest BCUT2D eigenvalue weighted by Crippen LogP contribution is 2.33. The van der Waals surface area contributed by atoms with Gasteiger partial charge >= 0.3 is 0 Å². The molecule has 0 saturated carbocycles. The number of unbranched alkanes of at least 4 members (excludes halogenated alkanes) is 1. The van der Waals surface area contributed by atoms with Crippen LogP contribution in [0.1, 0.15) is 12.8 Å². The van der Waals surface area contributed by atoms with E-state index < -0.39 is 10.1 Å². The minimum atomic E-state index is -3.87. The van der Waals surface area contributed by atoms with Crippen molar-refractivity contribution in [2.45, 2.75) is 18.9 Å². The van der Waals surface area contributed by atoms with E-state index in [0.717, 1.165) is 11.5 Å². The molecule has 1 aromatic heterocycles. The Balaban J connectivity index is 1.64. The summed E-state index contributed by atoms with van der Waals surface area (Å²) < 4.78 is 46.2. The fourth-order valence-corrected chi connectivity index (χ4v) is 2.88. The summed E-state index contributed by atoms with van der Waals surface area (Å²) in [4.78, 5) is 0. The van der Waals surface area contributed by atoms with Crippen molar-refractivity contribution in [2.75, 3.05) is 25.6 Å². The van der Waals surface area contributed by atoms with Crippen molar-refractivity contribution in [3.63, 3.8) is 0 Å². The van der Waals surface area contributed by atoms with Crippen LogP contribution < -0.4 is 9.47 Å². The summed E-state index contributed by atoms with van der Waals surface area (Å²) in [6.07, 6.45) is 0.778. The van der Waals surface area contributed by atoms with Gasteiger partial charge in [-0.3, -0.25) is 4.55 Å². The first-order chi connectivity index (χ1) is 9.04. The van der Waals surface area contributed by atoms with Crippen molar-refractivity contribution in [3.05, 3.63) is 10.8 Å². The molecule has 6 nitrogen and oxygen atoms in total. The van der Waals surface area contributed by atoms with Gasteiger partial charge in [-0.25, -0.2) is 0 Å². The Morgan fingerprint density at radius 1 is 1.26 bits per heavy atom. The molecule has 1 aliphatic heterocycles. The Kier molecular flexibility index (Phi) is 5.03. The van der Waals surface area contributed by atoms with Gasteiger partial charge in [0.25, 0.3) is 10.1 Å². The van der Waals surface area contributed by atoms with Crippen LogP contribution in [0.4, 0.5) is 0 Å². The van der Waals surface area contributed by atoms with Gasteiger partial charge in [0.15, 0.2) is 11.5 Å². The van der Waals surface area contributed by atoms with E-state index in [4.69, 9.17) is 18.8 Å². The summed E-state index contributed by atoms with van der Waals surface area (Å²) in [5, 5.41) is 3.76. The van der Waals surface area contributed by atoms with Gasteiger partial charge in [-0.2, -0.15) is 8.42 Å². The summed E-state index contributed by atoms with van der Waals surface area (Å²) >= 11 is 1.52. The molecule has 8 heteroatoms. The van der Waals surface area contributed by atoms with Crippen LogP contribution in [0.25, 0.3) is 0 Å². The van der Waals surface area contributed by atoms with E-state index in [-0.39, 0.29) is 11.9 Å². The van der Waals surface area contributed by atoms with Crippen molar-refractivity contribution in [2.24, 2.45) is 0 Å². The van der Waals surface area contributed by atoms with Gasteiger partial charge < -0.3 is 14.2 Å². The normalized spacial score (nSPS) is 16.3. The molecule has 0 aliphatic carbocycles. The smallest absolute Gasteiger partial charge is 0.264 e. The van der Waals surface area contributed by atoms with Gasteiger partial charge in [0.2, 0.25) is 0 Å². The largest absolute Gasteiger partial charge is 0.486 e. The highest BCUT2D eigenvalue weighted by Gasteiger charge is 2.19. The molecular weight excluding hydrogens is 292 g/mol. The van der Waals surface area contributed by atoms with Crippen LogP contribution in [0, 0.1) is 0 Å². The first-order valence-electron chi connectivity index (χ1n) is 5.93. The molecule has 0 bridgehead atoms. The molecule has 0 fully saturated rings. The summed E-state index contributed by atoms with van der Waals surface area (Å²) in [6, 6.07) is 0. The third kappa shape index (κ3) is 4.98. The second kappa shape index (κ2) is 6.56. The molecule has 0 atom stereocenters. The molecule has 0 radical (unpaired) electrons. The van der Waals surface area contributed by atoms with Crippen LogP contribution in [0.5, 0.6) is 11.5 Å². The van der Waals surface area contributed by atoms with Crippen LogP contribution in [-0.2, 0) is 14.9 Å². The van der Waals surface area contributed by atoms with Crippen LogP contribution in [0.3, 0.4) is 0 Å². The van der Waals surface area contributed by atoms with E-state index in [1.165, 1.54) is 11.3 Å². The van der Waals surface area contributed by atoms with Gasteiger partial charge in [0, 0.05) is 17.4 Å². The van der Waals surface area contributed by atoms with Crippen LogP contribution in [0.2, 0.25) is 0 Å². The lowest BCUT2D eigenvalue weighted by molar-refractivity contribution is 0.00160. The van der Waals surface area contributed by atoms with Crippen molar-refractivity contribution >= 4 is 21.5 Å². The van der Waals surface area contributed by atoms with Crippen molar-refractivity contribution in [3.8, 4) is 11.5 Å². The molecule has 0 unspecified atom stereocenters. The highest BCUT2D eigenvalue weighted by atomic mass is 32.2. The molecule has 2 rings (SSSR count). The van der Waals surface area contributed by atoms with E-state index >= 15 is 0 Å². The van der Waals surface area contributed by atoms with Crippen molar-refractivity contribution in [1.82, 2.24) is 0 Å². The lowest BCUT2D eigenvalue weighted by atomic mass is 10.3. The van der Waals surface area contributed by atoms with E-state index in [1.54, 1.807) is 0 Å². The molecule has 108 valence electrons. The van der Waals surface area contributed by atoms with E-state index in [1.807, 2.05) is 10.8 Å². The SMILES string of the molecule is O=S(=O)(O)CCCCOC1COc2cscc2OC1. The Hall–Kier alpha value is -0.830. The third-order valence-corrected chi connectivity index (χ3v) is 4.10. The Morgan fingerprint density at radius 2 is 1.89 bits per heavy atom. The molecule has 0 spiro atoms. The predicted octanol–water partition coefficient (Wildman–Crippen LogP) is 1.57. The molecule has 1 aliphatic rings. The zero-order chi connectivity index (χ0) is 13.7. The Bertz CT molecular complexity index is 473. The zero-order valence-electron chi connectivity index (χ0n) is 10.3. The van der Waals surface area contributed by atoms with Gasteiger partial charge in [-0.05, 0) is 12.8 Å². The maximum Gasteiger partial charge on any atom is 0.264 e. The zero-order valence-corrected chi connectivity index (χ0v) is 11.9. The maximum atomic E-state index is 10.5. The minimum absolute atomic E-state index is 0.164. The molecule has 0 saturated heterocycles. The molecule has 19 heavy (non-hydrogen) atoms. The fourth-order valence-electron chi connectivity index (χ4n) is 1.63. The maximum absolute atomic E-state index is 10.5. The van der Waals surface area contributed by atoms with Gasteiger partial charge in [0.05, 0.1) is 5.75 Å². The monoisotopic (exact) mass is 308 g/mol. The first kappa shape index (κ1) is 14.6. The van der Waals surface area contributed by atoms with Crippen molar-refractivity contribution in [1.29, 1.82) is 0 Å². The Morgan fingerprint density at radius 3 is 2.47 bits per heavy atom. The number of hydrogen-bond acceptors (Lipinski definition) is 6.